The Balaban J connectivity index is 3.16. The summed E-state index contributed by atoms with van der Waals surface area (Å²) in [5.74, 6) is -3.54. The molecule has 110 valence electrons. The van der Waals surface area contributed by atoms with Crippen LogP contribution in [0.4, 0.5) is 4.39 Å². The van der Waals surface area contributed by atoms with Crippen molar-refractivity contribution >= 4 is 11.9 Å². The predicted octanol–water partition coefficient (Wildman–Crippen LogP) is 2.04. The summed E-state index contributed by atoms with van der Waals surface area (Å²) in [5, 5.41) is 0. The Hall–Kier alpha value is -2.11. The molecule has 0 saturated carbocycles. The molecule has 0 aromatic heterocycles. The molecule has 0 atom stereocenters. The Kier molecular flexibility index (Phi) is 5.96. The molecule has 1 aromatic rings. The first-order valence-electron chi connectivity index (χ1n) is 6.21. The maximum absolute atomic E-state index is 14.0. The first kappa shape index (κ1) is 15.9. The monoisotopic (exact) mass is 284 g/mol. The smallest absolute Gasteiger partial charge is 0.324 e. The van der Waals surface area contributed by atoms with Crippen LogP contribution in [-0.2, 0) is 19.1 Å². The normalized spacial score (nSPS) is 10.2. The van der Waals surface area contributed by atoms with Crippen LogP contribution in [0.1, 0.15) is 25.3 Å². The second kappa shape index (κ2) is 7.47. The van der Waals surface area contributed by atoms with Crippen molar-refractivity contribution in [3.63, 3.8) is 0 Å². The molecule has 1 rings (SSSR count). The van der Waals surface area contributed by atoms with Gasteiger partial charge in [0.05, 0.1) is 20.3 Å². The topological polar surface area (TPSA) is 61.8 Å². The molecule has 0 saturated heterocycles. The average Bonchev–Trinajstić information content (AvgIpc) is 2.41. The third-order valence-electron chi connectivity index (χ3n) is 2.56. The number of methoxy groups -OCH3 is 1. The van der Waals surface area contributed by atoms with E-state index in [2.05, 4.69) is 0 Å². The van der Waals surface area contributed by atoms with Crippen LogP contribution < -0.4 is 4.74 Å². The molecule has 6 heteroatoms. The van der Waals surface area contributed by atoms with E-state index in [1.54, 1.807) is 13.8 Å². The minimum atomic E-state index is -1.43. The van der Waals surface area contributed by atoms with Gasteiger partial charge in [-0.3, -0.25) is 9.59 Å². The highest BCUT2D eigenvalue weighted by atomic mass is 19.1. The quantitative estimate of drug-likeness (QED) is 0.591. The number of carbonyl (C=O) groups is 2. The van der Waals surface area contributed by atoms with E-state index >= 15 is 0 Å². The molecule has 0 fully saturated rings. The Bertz CT molecular complexity index is 468. The van der Waals surface area contributed by atoms with Crippen LogP contribution >= 0.6 is 0 Å². The molecule has 0 spiro atoms. The summed E-state index contributed by atoms with van der Waals surface area (Å²) in [6.45, 7) is 3.38. The standard InChI is InChI=1S/C14H17FO5/c1-4-19-13(16)12(14(17)20-5-2)10-7-6-9(18-3)8-11(10)15/h6-8,12H,4-5H2,1-3H3. The molecule has 0 aliphatic heterocycles. The molecule has 0 radical (unpaired) electrons. The minimum absolute atomic E-state index is 0.0898. The highest BCUT2D eigenvalue weighted by Gasteiger charge is 2.33. The lowest BCUT2D eigenvalue weighted by Gasteiger charge is -2.15. The summed E-state index contributed by atoms with van der Waals surface area (Å²) in [6, 6.07) is 3.87. The maximum Gasteiger partial charge on any atom is 0.324 e. The number of hydrogen-bond donors (Lipinski definition) is 0. The lowest BCUT2D eigenvalue weighted by atomic mass is 9.98. The molecule has 20 heavy (non-hydrogen) atoms. The van der Waals surface area contributed by atoms with Gasteiger partial charge in [0, 0.05) is 11.6 Å². The van der Waals surface area contributed by atoms with Gasteiger partial charge in [-0.25, -0.2) is 4.39 Å². The Morgan fingerprint density at radius 2 is 1.70 bits per heavy atom. The van der Waals surface area contributed by atoms with E-state index in [1.165, 1.54) is 19.2 Å². The first-order chi connectivity index (χ1) is 9.54. The number of rotatable bonds is 6. The summed E-state index contributed by atoms with van der Waals surface area (Å²) in [4.78, 5) is 23.7. The van der Waals surface area contributed by atoms with Gasteiger partial charge in [-0.05, 0) is 19.9 Å². The molecule has 0 N–H and O–H groups in total. The van der Waals surface area contributed by atoms with Crippen molar-refractivity contribution < 1.29 is 28.2 Å². The van der Waals surface area contributed by atoms with Crippen molar-refractivity contribution in [1.29, 1.82) is 0 Å². The third kappa shape index (κ3) is 3.69. The van der Waals surface area contributed by atoms with Crippen molar-refractivity contribution in [3.05, 3.63) is 29.6 Å². The van der Waals surface area contributed by atoms with Gasteiger partial charge >= 0.3 is 11.9 Å². The van der Waals surface area contributed by atoms with Crippen LogP contribution in [0.5, 0.6) is 5.75 Å². The fourth-order valence-electron chi connectivity index (χ4n) is 1.67. The number of ether oxygens (including phenoxy) is 3. The van der Waals surface area contributed by atoms with Crippen LogP contribution in [0.3, 0.4) is 0 Å². The van der Waals surface area contributed by atoms with E-state index in [9.17, 15) is 14.0 Å². The fraction of sp³-hybridized carbons (Fsp3) is 0.429. The molecule has 0 aliphatic rings. The van der Waals surface area contributed by atoms with Crippen molar-refractivity contribution in [2.45, 2.75) is 19.8 Å². The largest absolute Gasteiger partial charge is 0.497 e. The van der Waals surface area contributed by atoms with Gasteiger partial charge in [0.15, 0.2) is 5.92 Å². The predicted molar refractivity (Wildman–Crippen MR) is 69.0 cm³/mol. The van der Waals surface area contributed by atoms with Crippen LogP contribution in [-0.4, -0.2) is 32.3 Å². The summed E-state index contributed by atoms with van der Waals surface area (Å²) in [6.07, 6.45) is 0. The number of halogens is 1. The number of carbonyl (C=O) groups excluding carboxylic acids is 2. The minimum Gasteiger partial charge on any atom is -0.497 e. The summed E-state index contributed by atoms with van der Waals surface area (Å²) < 4.78 is 28.5. The van der Waals surface area contributed by atoms with Crippen LogP contribution in [0.25, 0.3) is 0 Å². The van der Waals surface area contributed by atoms with E-state index in [4.69, 9.17) is 14.2 Å². The number of benzene rings is 1. The SMILES string of the molecule is CCOC(=O)C(C(=O)OCC)c1ccc(OC)cc1F. The van der Waals surface area contributed by atoms with E-state index in [1.807, 2.05) is 0 Å². The molecular formula is C14H17FO5. The van der Waals surface area contributed by atoms with Crippen molar-refractivity contribution in [1.82, 2.24) is 0 Å². The number of esters is 2. The van der Waals surface area contributed by atoms with Gasteiger partial charge in [0.2, 0.25) is 0 Å². The second-order valence-electron chi connectivity index (χ2n) is 3.82. The van der Waals surface area contributed by atoms with E-state index < -0.39 is 23.7 Å². The molecule has 5 nitrogen and oxygen atoms in total. The first-order valence-corrected chi connectivity index (χ1v) is 6.21. The third-order valence-corrected chi connectivity index (χ3v) is 2.56. The lowest BCUT2D eigenvalue weighted by molar-refractivity contribution is -0.157. The van der Waals surface area contributed by atoms with E-state index in [-0.39, 0.29) is 24.5 Å². The van der Waals surface area contributed by atoms with Crippen LogP contribution in [0.2, 0.25) is 0 Å². The highest BCUT2D eigenvalue weighted by molar-refractivity contribution is 6.00. The van der Waals surface area contributed by atoms with Gasteiger partial charge in [0.1, 0.15) is 11.6 Å². The summed E-state index contributed by atoms with van der Waals surface area (Å²) >= 11 is 0. The molecule has 0 bridgehead atoms. The highest BCUT2D eigenvalue weighted by Crippen LogP contribution is 2.25. The van der Waals surface area contributed by atoms with Gasteiger partial charge in [-0.15, -0.1) is 0 Å². The molecule has 0 aliphatic carbocycles. The van der Waals surface area contributed by atoms with Crippen molar-refractivity contribution in [2.75, 3.05) is 20.3 Å². The zero-order valence-corrected chi connectivity index (χ0v) is 11.6. The van der Waals surface area contributed by atoms with E-state index in [0.717, 1.165) is 6.07 Å². The Morgan fingerprint density at radius 1 is 1.15 bits per heavy atom. The zero-order valence-electron chi connectivity index (χ0n) is 11.6. The molecule has 0 heterocycles. The van der Waals surface area contributed by atoms with Crippen LogP contribution in [0.15, 0.2) is 18.2 Å². The van der Waals surface area contributed by atoms with Gasteiger partial charge in [-0.2, -0.15) is 0 Å². The Labute approximate surface area is 116 Å². The van der Waals surface area contributed by atoms with Gasteiger partial charge < -0.3 is 14.2 Å². The molecule has 1 aromatic carbocycles. The van der Waals surface area contributed by atoms with Crippen LogP contribution in [0, 0.1) is 5.82 Å². The molecular weight excluding hydrogens is 267 g/mol. The van der Waals surface area contributed by atoms with Crippen molar-refractivity contribution in [3.8, 4) is 5.75 Å². The van der Waals surface area contributed by atoms with Crippen molar-refractivity contribution in [2.24, 2.45) is 0 Å². The Morgan fingerprint density at radius 3 is 2.10 bits per heavy atom. The van der Waals surface area contributed by atoms with Gasteiger partial charge in [-0.1, -0.05) is 6.07 Å². The van der Waals surface area contributed by atoms with E-state index in [0.29, 0.717) is 0 Å². The molecule has 0 unspecified atom stereocenters. The summed E-state index contributed by atoms with van der Waals surface area (Å²) in [7, 11) is 1.39. The summed E-state index contributed by atoms with van der Waals surface area (Å²) in [5.41, 5.74) is -0.0947. The zero-order chi connectivity index (χ0) is 15.1. The fourth-order valence-corrected chi connectivity index (χ4v) is 1.67. The molecule has 0 amide bonds. The number of hydrogen-bond acceptors (Lipinski definition) is 5. The maximum atomic E-state index is 14.0. The second-order valence-corrected chi connectivity index (χ2v) is 3.82. The van der Waals surface area contributed by atoms with Gasteiger partial charge in [0.25, 0.3) is 0 Å². The average molecular weight is 284 g/mol. The lowest BCUT2D eigenvalue weighted by Crippen LogP contribution is -2.27.